The number of aromatic nitrogens is 1. The maximum Gasteiger partial charge on any atom is 0.335 e. The molecule has 0 amide bonds. The molecule has 1 aromatic heterocycles. The van der Waals surface area contributed by atoms with Crippen molar-refractivity contribution < 1.29 is 18.3 Å². The van der Waals surface area contributed by atoms with Gasteiger partial charge >= 0.3 is 5.97 Å². The number of nitrogens with zero attached hydrogens (tertiary/aromatic N) is 3. The van der Waals surface area contributed by atoms with E-state index in [9.17, 15) is 13.2 Å². The highest BCUT2D eigenvalue weighted by Crippen LogP contribution is 2.43. The molecule has 2 aromatic carbocycles. The Morgan fingerprint density at radius 3 is 2.47 bits per heavy atom. The summed E-state index contributed by atoms with van der Waals surface area (Å²) in [6, 6.07) is 13.4. The fourth-order valence-electron chi connectivity index (χ4n) is 3.45. The van der Waals surface area contributed by atoms with Crippen LogP contribution in [0.3, 0.4) is 0 Å². The molecule has 2 heterocycles. The summed E-state index contributed by atoms with van der Waals surface area (Å²) in [5.74, 6) is -0.478. The molecule has 0 unspecified atom stereocenters. The molecule has 2 N–H and O–H groups in total. The molecule has 1 aliphatic rings. The Morgan fingerprint density at radius 1 is 1.03 bits per heavy atom. The molecule has 9 heteroatoms. The van der Waals surface area contributed by atoms with Crippen LogP contribution in [-0.2, 0) is 10.0 Å². The van der Waals surface area contributed by atoms with Gasteiger partial charge in [0.1, 0.15) is 10.7 Å². The van der Waals surface area contributed by atoms with E-state index in [0.29, 0.717) is 28.6 Å². The van der Waals surface area contributed by atoms with Gasteiger partial charge in [0.2, 0.25) is 0 Å². The normalized spacial score (nSPS) is 14.5. The number of aryl methyl sites for hydroxylation is 1. The van der Waals surface area contributed by atoms with Crippen LogP contribution in [0.1, 0.15) is 15.9 Å². The van der Waals surface area contributed by atoms with Crippen LogP contribution in [0.2, 0.25) is 0 Å². The lowest BCUT2D eigenvalue weighted by molar-refractivity contribution is 0.0697. The van der Waals surface area contributed by atoms with Crippen molar-refractivity contribution >= 4 is 44.6 Å². The summed E-state index contributed by atoms with van der Waals surface area (Å²) in [4.78, 5) is 17.6. The van der Waals surface area contributed by atoms with E-state index in [1.165, 1.54) is 23.6 Å². The Balaban J connectivity index is 1.79. The molecule has 3 aromatic rings. The Morgan fingerprint density at radius 2 is 1.77 bits per heavy atom. The molecule has 0 saturated carbocycles. The number of sulfonamides is 1. The third-order valence-electron chi connectivity index (χ3n) is 5.16. The van der Waals surface area contributed by atoms with Crippen molar-refractivity contribution in [2.24, 2.45) is 0 Å². The number of nitrogens with one attached hydrogen (secondary N) is 1. The number of pyridine rings is 1. The molecule has 154 valence electrons. The monoisotopic (exact) mass is 424 g/mol. The van der Waals surface area contributed by atoms with Gasteiger partial charge < -0.3 is 15.3 Å². The molecular weight excluding hydrogens is 404 g/mol. The fourth-order valence-corrected chi connectivity index (χ4v) is 4.87. The molecule has 0 bridgehead atoms. The van der Waals surface area contributed by atoms with Crippen LogP contribution in [-0.4, -0.2) is 38.6 Å². The second-order valence-electron chi connectivity index (χ2n) is 7.02. The first kappa shape index (κ1) is 19.7. The minimum atomic E-state index is -3.72. The summed E-state index contributed by atoms with van der Waals surface area (Å²) < 4.78 is 27.3. The third kappa shape index (κ3) is 3.13. The van der Waals surface area contributed by atoms with Crippen LogP contribution in [0.4, 0.5) is 28.6 Å². The number of carboxylic acids is 1. The first-order valence-corrected chi connectivity index (χ1v) is 10.6. The number of fused-ring (bicyclic) bond motifs is 2. The van der Waals surface area contributed by atoms with Gasteiger partial charge in [-0.25, -0.2) is 18.2 Å². The number of anilines is 5. The second-order valence-corrected chi connectivity index (χ2v) is 8.96. The van der Waals surface area contributed by atoms with Crippen LogP contribution < -0.4 is 14.5 Å². The highest BCUT2D eigenvalue weighted by atomic mass is 32.2. The Bertz CT molecular complexity index is 1270. The van der Waals surface area contributed by atoms with Crippen molar-refractivity contribution in [3.05, 3.63) is 65.9 Å². The zero-order valence-electron chi connectivity index (χ0n) is 16.6. The van der Waals surface area contributed by atoms with Gasteiger partial charge in [-0.1, -0.05) is 12.1 Å². The molecule has 0 spiro atoms. The number of aromatic carboxylic acids is 1. The largest absolute Gasteiger partial charge is 0.478 e. The van der Waals surface area contributed by atoms with E-state index in [2.05, 4.69) is 10.3 Å². The van der Waals surface area contributed by atoms with Gasteiger partial charge in [-0.05, 0) is 42.8 Å². The van der Waals surface area contributed by atoms with Gasteiger partial charge in [0.05, 0.1) is 28.8 Å². The van der Waals surface area contributed by atoms with E-state index in [4.69, 9.17) is 5.11 Å². The summed E-state index contributed by atoms with van der Waals surface area (Å²) in [7, 11) is -0.403. The predicted octanol–water partition coefficient (Wildman–Crippen LogP) is 3.74. The Labute approximate surface area is 174 Å². The van der Waals surface area contributed by atoms with E-state index < -0.39 is 16.0 Å². The highest BCUT2D eigenvalue weighted by Gasteiger charge is 2.32. The van der Waals surface area contributed by atoms with Gasteiger partial charge in [0.15, 0.2) is 0 Å². The van der Waals surface area contributed by atoms with Gasteiger partial charge in [-0.2, -0.15) is 0 Å². The molecule has 0 radical (unpaired) electrons. The molecule has 1 aliphatic heterocycles. The SMILES string of the molecule is Cc1cc(C(=O)O)ccc1Nc1cc2c(cn1)N(C)S(=O)(=O)c1ccccc1N2C. The molecule has 0 aliphatic carbocycles. The molecule has 4 rings (SSSR count). The van der Waals surface area contributed by atoms with Gasteiger partial charge in [0, 0.05) is 25.8 Å². The van der Waals surface area contributed by atoms with Gasteiger partial charge in [-0.15, -0.1) is 0 Å². The second kappa shape index (κ2) is 7.03. The molecule has 8 nitrogen and oxygen atoms in total. The summed E-state index contributed by atoms with van der Waals surface area (Å²) >= 11 is 0. The first-order valence-electron chi connectivity index (χ1n) is 9.13. The van der Waals surface area contributed by atoms with Crippen LogP contribution in [0.25, 0.3) is 0 Å². The van der Waals surface area contributed by atoms with Crippen molar-refractivity contribution in [1.82, 2.24) is 4.98 Å². The van der Waals surface area contributed by atoms with Gasteiger partial charge in [-0.3, -0.25) is 4.31 Å². The van der Waals surface area contributed by atoms with Crippen molar-refractivity contribution in [2.45, 2.75) is 11.8 Å². The smallest absolute Gasteiger partial charge is 0.335 e. The van der Waals surface area contributed by atoms with Crippen LogP contribution in [0, 0.1) is 6.92 Å². The molecule has 0 fully saturated rings. The molecular formula is C21H20N4O4S. The molecule has 0 atom stereocenters. The zero-order valence-corrected chi connectivity index (χ0v) is 17.4. The maximum atomic E-state index is 13.0. The topological polar surface area (TPSA) is 103 Å². The van der Waals surface area contributed by atoms with E-state index in [1.807, 2.05) is 11.9 Å². The Hall–Kier alpha value is -3.59. The minimum absolute atomic E-state index is 0.205. The number of hydrogen-bond donors (Lipinski definition) is 2. The standard InChI is InChI=1S/C21H20N4O4S/c1-13-10-14(21(26)27)8-9-15(13)23-20-11-17-18(12-22-20)25(3)30(28,29)19-7-5-4-6-16(19)24(17)2/h4-12H,1-3H3,(H,22,23)(H,26,27). The lowest BCUT2D eigenvalue weighted by atomic mass is 10.1. The minimum Gasteiger partial charge on any atom is -0.478 e. The van der Waals surface area contributed by atoms with E-state index in [-0.39, 0.29) is 10.5 Å². The van der Waals surface area contributed by atoms with Gasteiger partial charge in [0.25, 0.3) is 10.0 Å². The number of carbonyl (C=O) groups is 1. The summed E-state index contributed by atoms with van der Waals surface area (Å²) in [6.45, 7) is 1.81. The fraction of sp³-hybridized carbons (Fsp3) is 0.143. The van der Waals surface area contributed by atoms with Crippen molar-refractivity contribution in [2.75, 3.05) is 28.6 Å². The quantitative estimate of drug-likeness (QED) is 0.660. The molecule has 0 saturated heterocycles. The van der Waals surface area contributed by atoms with Crippen molar-refractivity contribution in [1.29, 1.82) is 0 Å². The average Bonchev–Trinajstić information content (AvgIpc) is 2.79. The average molecular weight is 424 g/mol. The Kier molecular flexibility index (Phi) is 4.62. The summed E-state index contributed by atoms with van der Waals surface area (Å²) in [6.07, 6.45) is 1.51. The van der Waals surface area contributed by atoms with E-state index in [1.54, 1.807) is 49.4 Å². The lowest BCUT2D eigenvalue weighted by Crippen LogP contribution is -2.25. The third-order valence-corrected chi connectivity index (χ3v) is 6.98. The lowest BCUT2D eigenvalue weighted by Gasteiger charge is -2.22. The summed E-state index contributed by atoms with van der Waals surface area (Å²) in [5, 5.41) is 12.3. The van der Waals surface area contributed by atoms with Crippen LogP contribution in [0.5, 0.6) is 0 Å². The summed E-state index contributed by atoms with van der Waals surface area (Å²) in [5.41, 5.74) is 3.37. The van der Waals surface area contributed by atoms with Crippen LogP contribution >= 0.6 is 0 Å². The number of carboxylic acid groups (broad SMARTS) is 1. The predicted molar refractivity (Wildman–Crippen MR) is 116 cm³/mol. The number of benzene rings is 2. The first-order chi connectivity index (χ1) is 14.2. The van der Waals surface area contributed by atoms with Crippen LogP contribution in [0.15, 0.2) is 59.6 Å². The molecule has 30 heavy (non-hydrogen) atoms. The van der Waals surface area contributed by atoms with Crippen molar-refractivity contribution in [3.8, 4) is 0 Å². The number of hydrogen-bond acceptors (Lipinski definition) is 6. The highest BCUT2D eigenvalue weighted by molar-refractivity contribution is 7.93. The maximum absolute atomic E-state index is 13.0. The van der Waals surface area contributed by atoms with E-state index in [0.717, 1.165) is 5.56 Å². The van der Waals surface area contributed by atoms with Crippen molar-refractivity contribution in [3.63, 3.8) is 0 Å². The number of para-hydroxylation sites is 1. The number of rotatable bonds is 3. The zero-order chi connectivity index (χ0) is 21.6. The van der Waals surface area contributed by atoms with E-state index >= 15 is 0 Å².